The molecule has 21 heavy (non-hydrogen) atoms. The van der Waals surface area contributed by atoms with Crippen LogP contribution in [0.25, 0.3) is 11.1 Å². The first-order valence-corrected chi connectivity index (χ1v) is 7.05. The molecule has 0 aliphatic carbocycles. The minimum absolute atomic E-state index is 0.275. The zero-order chi connectivity index (χ0) is 15.0. The Labute approximate surface area is 123 Å². The number of nitrogens with zero attached hydrogens (tertiary/aromatic N) is 3. The molecule has 1 amide bonds. The second kappa shape index (κ2) is 5.37. The number of hydrogen-bond acceptors (Lipinski definition) is 5. The van der Waals surface area contributed by atoms with E-state index in [1.54, 1.807) is 12.1 Å². The van der Waals surface area contributed by atoms with E-state index < -0.39 is 5.91 Å². The Morgan fingerprint density at radius 1 is 1.67 bits per heavy atom. The Hall–Kier alpha value is -2.08. The van der Waals surface area contributed by atoms with Gasteiger partial charge in [-0.1, -0.05) is 0 Å². The van der Waals surface area contributed by atoms with E-state index in [0.717, 1.165) is 19.6 Å². The number of primary amides is 1. The number of carbonyl (C=O) groups is 1. The molecule has 2 N–H and O–H groups in total. The van der Waals surface area contributed by atoms with Crippen LogP contribution in [-0.4, -0.2) is 49.5 Å². The van der Waals surface area contributed by atoms with Gasteiger partial charge in [-0.2, -0.15) is 4.98 Å². The Morgan fingerprint density at radius 3 is 3.14 bits per heavy atom. The summed E-state index contributed by atoms with van der Waals surface area (Å²) in [6.45, 7) is 3.10. The molecule has 0 saturated carbocycles. The first kappa shape index (κ1) is 13.9. The smallest absolute Gasteiger partial charge is 0.298 e. The van der Waals surface area contributed by atoms with Crippen molar-refractivity contribution in [1.82, 2.24) is 9.88 Å². The van der Waals surface area contributed by atoms with Gasteiger partial charge >= 0.3 is 0 Å². The lowest BCUT2D eigenvalue weighted by atomic mass is 10.1. The summed E-state index contributed by atoms with van der Waals surface area (Å²) in [7, 11) is 4.09. The fourth-order valence-corrected chi connectivity index (χ4v) is 2.87. The Morgan fingerprint density at radius 2 is 2.48 bits per heavy atom. The number of fused-ring (bicyclic) bond motifs is 1. The summed E-state index contributed by atoms with van der Waals surface area (Å²) in [4.78, 5) is 20.1. The van der Waals surface area contributed by atoms with E-state index >= 15 is 0 Å². The van der Waals surface area contributed by atoms with Crippen molar-refractivity contribution in [1.29, 1.82) is 0 Å². The van der Waals surface area contributed by atoms with Crippen molar-refractivity contribution in [3.8, 4) is 0 Å². The van der Waals surface area contributed by atoms with E-state index in [1.165, 1.54) is 6.42 Å². The second-order valence-electron chi connectivity index (χ2n) is 5.72. The predicted octanol–water partition coefficient (Wildman–Crippen LogP) is 1.11. The Kier molecular flexibility index (Phi) is 3.55. The van der Waals surface area contributed by atoms with Gasteiger partial charge in [-0.3, -0.25) is 4.79 Å². The number of benzene rings is 1. The molecule has 2 heterocycles. The van der Waals surface area contributed by atoms with E-state index in [-0.39, 0.29) is 5.56 Å². The van der Waals surface area contributed by atoms with Crippen LogP contribution in [0, 0.1) is 12.0 Å². The van der Waals surface area contributed by atoms with Gasteiger partial charge in [0.05, 0.1) is 5.56 Å². The molecule has 3 rings (SSSR count). The third-order valence-electron chi connectivity index (χ3n) is 3.94. The number of carbonyl (C=O) groups excluding carboxylic acids is 1. The predicted molar refractivity (Wildman–Crippen MR) is 80.2 cm³/mol. The van der Waals surface area contributed by atoms with Crippen LogP contribution in [0.1, 0.15) is 16.8 Å². The van der Waals surface area contributed by atoms with Crippen LogP contribution in [0.5, 0.6) is 0 Å². The number of rotatable bonds is 4. The van der Waals surface area contributed by atoms with Crippen LogP contribution in [0.2, 0.25) is 0 Å². The summed E-state index contributed by atoms with van der Waals surface area (Å²) in [5.74, 6) is 0.0673. The van der Waals surface area contributed by atoms with Gasteiger partial charge < -0.3 is 20.0 Å². The van der Waals surface area contributed by atoms with Crippen LogP contribution in [0.3, 0.4) is 0 Å². The molecule has 1 aliphatic rings. The van der Waals surface area contributed by atoms with Gasteiger partial charge in [0.25, 0.3) is 11.9 Å². The minimum Gasteiger partial charge on any atom is -0.423 e. The van der Waals surface area contributed by atoms with Crippen LogP contribution < -0.4 is 10.6 Å². The highest BCUT2D eigenvalue weighted by atomic mass is 16.4. The van der Waals surface area contributed by atoms with Crippen molar-refractivity contribution in [2.45, 2.75) is 6.42 Å². The maximum atomic E-state index is 11.4. The van der Waals surface area contributed by atoms with Gasteiger partial charge in [0.1, 0.15) is 5.52 Å². The molecule has 1 aromatic heterocycles. The standard InChI is InChI=1S/C15H19N4O2/c1-18-7-6-10(8-18)9-19(2)15-17-13-11(14(16)20)4-3-5-12(13)21-15/h3,5,10H,6-9H2,1-2H3,(H2,16,20). The molecule has 111 valence electrons. The SMILES string of the molecule is CN1CCC(CN(C)c2nc3c(C(N)=O)[c]ccc3o2)C1. The van der Waals surface area contributed by atoms with Crippen molar-refractivity contribution >= 4 is 23.0 Å². The molecule has 1 radical (unpaired) electrons. The van der Waals surface area contributed by atoms with Gasteiger partial charge in [0.2, 0.25) is 0 Å². The molecular formula is C15H19N4O2. The summed E-state index contributed by atoms with van der Waals surface area (Å²) >= 11 is 0. The number of amides is 1. The van der Waals surface area contributed by atoms with Crippen molar-refractivity contribution in [3.63, 3.8) is 0 Å². The van der Waals surface area contributed by atoms with Crippen molar-refractivity contribution < 1.29 is 9.21 Å². The number of aromatic nitrogens is 1. The summed E-state index contributed by atoms with van der Waals surface area (Å²) in [5, 5.41) is 0. The lowest BCUT2D eigenvalue weighted by Crippen LogP contribution is -2.27. The molecule has 1 saturated heterocycles. The van der Waals surface area contributed by atoms with Crippen LogP contribution in [0.4, 0.5) is 6.01 Å². The quantitative estimate of drug-likeness (QED) is 0.912. The third kappa shape index (κ3) is 2.71. The summed E-state index contributed by atoms with van der Waals surface area (Å²) in [6.07, 6.45) is 1.18. The molecule has 0 spiro atoms. The minimum atomic E-state index is -0.541. The summed E-state index contributed by atoms with van der Waals surface area (Å²) in [5.41, 5.74) is 6.66. The number of oxazole rings is 1. The van der Waals surface area contributed by atoms with Gasteiger partial charge in [-0.05, 0) is 44.1 Å². The number of anilines is 1. The third-order valence-corrected chi connectivity index (χ3v) is 3.94. The topological polar surface area (TPSA) is 75.6 Å². The number of hydrogen-bond donors (Lipinski definition) is 1. The normalized spacial score (nSPS) is 19.2. The fourth-order valence-electron chi connectivity index (χ4n) is 2.87. The zero-order valence-electron chi connectivity index (χ0n) is 12.3. The number of likely N-dealkylation sites (tertiary alicyclic amines) is 1. The number of nitrogens with two attached hydrogens (primary N) is 1. The summed E-state index contributed by atoms with van der Waals surface area (Å²) < 4.78 is 5.73. The molecule has 6 heteroatoms. The Balaban J connectivity index is 1.83. The van der Waals surface area contributed by atoms with Crippen molar-refractivity contribution in [2.24, 2.45) is 11.7 Å². The molecule has 1 atom stereocenters. The molecule has 0 bridgehead atoms. The highest BCUT2D eigenvalue weighted by molar-refractivity contribution is 6.03. The highest BCUT2D eigenvalue weighted by Crippen LogP contribution is 2.25. The Bertz CT molecular complexity index is 667. The van der Waals surface area contributed by atoms with Crippen LogP contribution in [-0.2, 0) is 0 Å². The highest BCUT2D eigenvalue weighted by Gasteiger charge is 2.23. The average molecular weight is 287 g/mol. The average Bonchev–Trinajstić information content (AvgIpc) is 3.04. The molecule has 1 unspecified atom stereocenters. The lowest BCUT2D eigenvalue weighted by molar-refractivity contribution is 0.100. The molecule has 1 aromatic carbocycles. The largest absolute Gasteiger partial charge is 0.423 e. The van der Waals surface area contributed by atoms with Crippen LogP contribution >= 0.6 is 0 Å². The molecule has 2 aromatic rings. The van der Waals surface area contributed by atoms with E-state index in [2.05, 4.69) is 23.0 Å². The van der Waals surface area contributed by atoms with Gasteiger partial charge in [-0.15, -0.1) is 0 Å². The maximum Gasteiger partial charge on any atom is 0.298 e. The zero-order valence-corrected chi connectivity index (χ0v) is 12.3. The van der Waals surface area contributed by atoms with Crippen molar-refractivity contribution in [2.75, 3.05) is 38.6 Å². The van der Waals surface area contributed by atoms with E-state index in [1.807, 2.05) is 11.9 Å². The van der Waals surface area contributed by atoms with E-state index in [9.17, 15) is 4.79 Å². The maximum absolute atomic E-state index is 11.4. The molecule has 1 fully saturated rings. The first-order chi connectivity index (χ1) is 10.0. The monoisotopic (exact) mass is 287 g/mol. The fraction of sp³-hybridized carbons (Fsp3) is 0.467. The first-order valence-electron chi connectivity index (χ1n) is 7.05. The van der Waals surface area contributed by atoms with Gasteiger partial charge in [-0.25, -0.2) is 0 Å². The van der Waals surface area contributed by atoms with Gasteiger partial charge in [0, 0.05) is 20.1 Å². The van der Waals surface area contributed by atoms with E-state index in [0.29, 0.717) is 23.0 Å². The molecular weight excluding hydrogens is 268 g/mol. The lowest BCUT2D eigenvalue weighted by Gasteiger charge is -2.18. The molecule has 1 aliphatic heterocycles. The second-order valence-corrected chi connectivity index (χ2v) is 5.72. The van der Waals surface area contributed by atoms with E-state index in [4.69, 9.17) is 10.2 Å². The van der Waals surface area contributed by atoms with Gasteiger partial charge in [0.15, 0.2) is 5.58 Å². The summed E-state index contributed by atoms with van der Waals surface area (Å²) in [6, 6.07) is 6.71. The molecule has 6 nitrogen and oxygen atoms in total. The van der Waals surface area contributed by atoms with Crippen LogP contribution in [0.15, 0.2) is 16.5 Å². The van der Waals surface area contributed by atoms with Crippen molar-refractivity contribution in [3.05, 3.63) is 23.8 Å².